The maximum absolute atomic E-state index is 5.42. The molecule has 23 heavy (non-hydrogen) atoms. The largest absolute Gasteiger partial charge is 0.381 e. The van der Waals surface area contributed by atoms with Crippen LogP contribution in [0.1, 0.15) is 83.5 Å². The zero-order valence-electron chi connectivity index (χ0n) is 15.7. The molecular formula is C21H39NO. The van der Waals surface area contributed by atoms with Gasteiger partial charge in [-0.3, -0.25) is 0 Å². The van der Waals surface area contributed by atoms with Crippen molar-refractivity contribution in [2.45, 2.75) is 89.6 Å². The molecule has 3 aliphatic rings. The molecule has 0 radical (unpaired) electrons. The molecule has 0 atom stereocenters. The fourth-order valence-electron chi connectivity index (χ4n) is 5.21. The van der Waals surface area contributed by atoms with Crippen molar-refractivity contribution in [3.63, 3.8) is 0 Å². The lowest BCUT2D eigenvalue weighted by Gasteiger charge is -2.45. The third-order valence-corrected chi connectivity index (χ3v) is 7.23. The van der Waals surface area contributed by atoms with E-state index in [1.807, 2.05) is 7.11 Å². The summed E-state index contributed by atoms with van der Waals surface area (Å²) in [7, 11) is 4.12. The maximum atomic E-state index is 5.42. The van der Waals surface area contributed by atoms with Gasteiger partial charge >= 0.3 is 0 Å². The second kappa shape index (κ2) is 8.34. The van der Waals surface area contributed by atoms with Crippen LogP contribution in [0.4, 0.5) is 0 Å². The molecule has 134 valence electrons. The SMILES string of the molecule is COC1CC(CCC2(CCCCCCC3CN(C)C3)CCC2)C1. The van der Waals surface area contributed by atoms with Gasteiger partial charge in [0.15, 0.2) is 0 Å². The van der Waals surface area contributed by atoms with Crippen LogP contribution in [0.3, 0.4) is 0 Å². The highest BCUT2D eigenvalue weighted by molar-refractivity contribution is 4.90. The molecule has 0 amide bonds. The van der Waals surface area contributed by atoms with Gasteiger partial charge < -0.3 is 9.64 Å². The van der Waals surface area contributed by atoms with E-state index < -0.39 is 0 Å². The Labute approximate surface area is 144 Å². The van der Waals surface area contributed by atoms with Crippen molar-refractivity contribution < 1.29 is 4.74 Å². The fourth-order valence-corrected chi connectivity index (χ4v) is 5.21. The summed E-state index contributed by atoms with van der Waals surface area (Å²) in [5.41, 5.74) is 0.773. The summed E-state index contributed by atoms with van der Waals surface area (Å²) in [5, 5.41) is 0. The Morgan fingerprint density at radius 1 is 0.913 bits per heavy atom. The molecule has 0 unspecified atom stereocenters. The zero-order valence-corrected chi connectivity index (χ0v) is 15.7. The van der Waals surface area contributed by atoms with Crippen molar-refractivity contribution in [3.05, 3.63) is 0 Å². The Hall–Kier alpha value is -0.0800. The Morgan fingerprint density at radius 3 is 2.26 bits per heavy atom. The molecule has 0 aromatic carbocycles. The highest BCUT2D eigenvalue weighted by Gasteiger charge is 2.38. The molecule has 0 aromatic heterocycles. The lowest BCUT2D eigenvalue weighted by Crippen LogP contribution is -2.43. The minimum absolute atomic E-state index is 0.591. The molecule has 2 saturated carbocycles. The second-order valence-electron chi connectivity index (χ2n) is 9.13. The van der Waals surface area contributed by atoms with Crippen LogP contribution in [0.2, 0.25) is 0 Å². The third kappa shape index (κ3) is 4.95. The summed E-state index contributed by atoms with van der Waals surface area (Å²) >= 11 is 0. The minimum atomic E-state index is 0.591. The monoisotopic (exact) mass is 321 g/mol. The zero-order chi connectivity index (χ0) is 16.1. The molecule has 2 heteroatoms. The smallest absolute Gasteiger partial charge is 0.0576 e. The van der Waals surface area contributed by atoms with E-state index in [-0.39, 0.29) is 0 Å². The van der Waals surface area contributed by atoms with Crippen LogP contribution in [0, 0.1) is 17.3 Å². The first kappa shape index (κ1) is 17.7. The van der Waals surface area contributed by atoms with E-state index in [2.05, 4.69) is 11.9 Å². The van der Waals surface area contributed by atoms with Crippen molar-refractivity contribution >= 4 is 0 Å². The molecule has 1 saturated heterocycles. The summed E-state index contributed by atoms with van der Waals surface area (Å²) in [4.78, 5) is 2.45. The van der Waals surface area contributed by atoms with Crippen molar-refractivity contribution in [2.24, 2.45) is 17.3 Å². The molecule has 2 aliphatic carbocycles. The van der Waals surface area contributed by atoms with Gasteiger partial charge in [-0.1, -0.05) is 32.1 Å². The molecule has 1 aliphatic heterocycles. The average molecular weight is 322 g/mol. The molecular weight excluding hydrogens is 282 g/mol. The van der Waals surface area contributed by atoms with Gasteiger partial charge in [0, 0.05) is 20.2 Å². The summed E-state index contributed by atoms with van der Waals surface area (Å²) in [6, 6.07) is 0. The lowest BCUT2D eigenvalue weighted by atomic mass is 9.61. The van der Waals surface area contributed by atoms with Gasteiger partial charge in [0.2, 0.25) is 0 Å². The molecule has 2 nitrogen and oxygen atoms in total. The van der Waals surface area contributed by atoms with Crippen molar-refractivity contribution in [3.8, 4) is 0 Å². The number of hydrogen-bond acceptors (Lipinski definition) is 2. The van der Waals surface area contributed by atoms with Gasteiger partial charge in [-0.25, -0.2) is 0 Å². The van der Waals surface area contributed by atoms with Gasteiger partial charge in [0.25, 0.3) is 0 Å². The molecule has 1 heterocycles. The molecule has 3 rings (SSSR count). The Bertz CT molecular complexity index is 340. The number of ether oxygens (including phenoxy) is 1. The molecule has 3 fully saturated rings. The number of nitrogens with zero attached hydrogens (tertiary/aromatic N) is 1. The third-order valence-electron chi connectivity index (χ3n) is 7.23. The standard InChI is InChI=1S/C21H39NO/c1-22-16-19(17-22)8-5-3-4-6-10-21(11-7-12-21)13-9-18-14-20(15-18)23-2/h18-20H,3-17H2,1-2H3. The molecule has 0 aromatic rings. The minimum Gasteiger partial charge on any atom is -0.381 e. The second-order valence-corrected chi connectivity index (χ2v) is 9.13. The van der Waals surface area contributed by atoms with Gasteiger partial charge in [-0.2, -0.15) is 0 Å². The van der Waals surface area contributed by atoms with E-state index in [9.17, 15) is 0 Å². The van der Waals surface area contributed by atoms with E-state index in [0.717, 1.165) is 17.3 Å². The number of likely N-dealkylation sites (tertiary alicyclic amines) is 1. The van der Waals surface area contributed by atoms with Crippen molar-refractivity contribution in [1.29, 1.82) is 0 Å². The van der Waals surface area contributed by atoms with Crippen LogP contribution in [0.25, 0.3) is 0 Å². The van der Waals surface area contributed by atoms with Crippen LogP contribution in [-0.2, 0) is 4.74 Å². The first-order valence-corrected chi connectivity index (χ1v) is 10.4. The summed E-state index contributed by atoms with van der Waals surface area (Å²) in [6.07, 6.45) is 19.8. The Balaban J connectivity index is 1.20. The van der Waals surface area contributed by atoms with E-state index in [0.29, 0.717) is 6.10 Å². The van der Waals surface area contributed by atoms with Crippen molar-refractivity contribution in [1.82, 2.24) is 4.90 Å². The number of hydrogen-bond donors (Lipinski definition) is 0. The van der Waals surface area contributed by atoms with Gasteiger partial charge in [0.1, 0.15) is 0 Å². The number of unbranched alkanes of at least 4 members (excludes halogenated alkanes) is 3. The highest BCUT2D eigenvalue weighted by atomic mass is 16.5. The van der Waals surface area contributed by atoms with E-state index in [4.69, 9.17) is 4.74 Å². The first-order chi connectivity index (χ1) is 11.2. The van der Waals surface area contributed by atoms with Crippen LogP contribution < -0.4 is 0 Å². The van der Waals surface area contributed by atoms with Crippen LogP contribution in [0.5, 0.6) is 0 Å². The maximum Gasteiger partial charge on any atom is 0.0576 e. The van der Waals surface area contributed by atoms with Crippen molar-refractivity contribution in [2.75, 3.05) is 27.2 Å². The summed E-state index contributed by atoms with van der Waals surface area (Å²) in [6.45, 7) is 2.71. The van der Waals surface area contributed by atoms with E-state index in [1.165, 1.54) is 96.6 Å². The average Bonchev–Trinajstić information content (AvgIpc) is 2.43. The topological polar surface area (TPSA) is 12.5 Å². The first-order valence-electron chi connectivity index (χ1n) is 10.4. The predicted molar refractivity (Wildman–Crippen MR) is 97.7 cm³/mol. The van der Waals surface area contributed by atoms with Gasteiger partial charge in [0.05, 0.1) is 6.10 Å². The Kier molecular flexibility index (Phi) is 6.43. The molecule has 0 N–H and O–H groups in total. The summed E-state index contributed by atoms with van der Waals surface area (Å²) in [5.74, 6) is 2.01. The van der Waals surface area contributed by atoms with Gasteiger partial charge in [-0.05, 0) is 75.7 Å². The van der Waals surface area contributed by atoms with Crippen LogP contribution >= 0.6 is 0 Å². The highest BCUT2D eigenvalue weighted by Crippen LogP contribution is 2.50. The normalized spacial score (nSPS) is 30.5. The fraction of sp³-hybridized carbons (Fsp3) is 1.00. The van der Waals surface area contributed by atoms with Crippen LogP contribution in [0.15, 0.2) is 0 Å². The summed E-state index contributed by atoms with van der Waals surface area (Å²) < 4.78 is 5.42. The number of rotatable bonds is 11. The number of methoxy groups -OCH3 is 1. The van der Waals surface area contributed by atoms with E-state index >= 15 is 0 Å². The quantitative estimate of drug-likeness (QED) is 0.481. The molecule has 0 spiro atoms. The lowest BCUT2D eigenvalue weighted by molar-refractivity contribution is -0.0119. The van der Waals surface area contributed by atoms with E-state index in [1.54, 1.807) is 0 Å². The van der Waals surface area contributed by atoms with Crippen LogP contribution in [-0.4, -0.2) is 38.3 Å². The Morgan fingerprint density at radius 2 is 1.65 bits per heavy atom. The predicted octanol–water partition coefficient (Wildman–Crippen LogP) is 5.26. The molecule has 0 bridgehead atoms. The van der Waals surface area contributed by atoms with Gasteiger partial charge in [-0.15, -0.1) is 0 Å².